The molecule has 0 aromatic heterocycles. The Bertz CT molecular complexity index is 556. The first kappa shape index (κ1) is 13.9. The van der Waals surface area contributed by atoms with Gasteiger partial charge in [-0.25, -0.2) is 9.18 Å². The number of benzene rings is 1. The number of carbonyl (C=O) groups is 1. The molecule has 0 spiro atoms. The maximum absolute atomic E-state index is 13.1. The van der Waals surface area contributed by atoms with Crippen LogP contribution in [-0.2, 0) is 11.0 Å². The van der Waals surface area contributed by atoms with Crippen molar-refractivity contribution in [3.8, 4) is 0 Å². The molecule has 0 fully saturated rings. The van der Waals surface area contributed by atoms with Crippen LogP contribution in [0.3, 0.4) is 0 Å². The second kappa shape index (κ2) is 4.84. The van der Waals surface area contributed by atoms with Crippen LogP contribution in [0.1, 0.15) is 11.1 Å². The quantitative estimate of drug-likeness (QED) is 0.853. The Morgan fingerprint density at radius 2 is 2.11 bits per heavy atom. The van der Waals surface area contributed by atoms with Crippen LogP contribution in [0.2, 0.25) is 0 Å². The first-order chi connectivity index (χ1) is 8.79. The van der Waals surface area contributed by atoms with Crippen molar-refractivity contribution >= 4 is 22.8 Å². The average molecular weight is 293 g/mol. The van der Waals surface area contributed by atoms with E-state index < -0.39 is 29.6 Å². The second-order valence-corrected chi connectivity index (χ2v) is 4.80. The van der Waals surface area contributed by atoms with Gasteiger partial charge in [0, 0.05) is 11.3 Å². The summed E-state index contributed by atoms with van der Waals surface area (Å²) in [4.78, 5) is 14.5. The summed E-state index contributed by atoms with van der Waals surface area (Å²) < 4.78 is 50.7. The molecular formula is C11H7F4NO2S. The third kappa shape index (κ3) is 2.89. The molecule has 3 nitrogen and oxygen atoms in total. The van der Waals surface area contributed by atoms with Gasteiger partial charge in [-0.05, 0) is 18.2 Å². The van der Waals surface area contributed by atoms with E-state index in [4.69, 9.17) is 5.11 Å². The van der Waals surface area contributed by atoms with Crippen molar-refractivity contribution in [1.29, 1.82) is 0 Å². The smallest absolute Gasteiger partial charge is 0.419 e. The van der Waals surface area contributed by atoms with Crippen LogP contribution in [0.4, 0.5) is 17.6 Å². The Morgan fingerprint density at radius 1 is 1.42 bits per heavy atom. The molecular weight excluding hydrogens is 286 g/mol. The van der Waals surface area contributed by atoms with Crippen LogP contribution in [0.15, 0.2) is 23.2 Å². The second-order valence-electron chi connectivity index (χ2n) is 3.79. The number of rotatable bonds is 2. The number of nitrogens with zero attached hydrogens (tertiary/aromatic N) is 1. The van der Waals surface area contributed by atoms with Crippen molar-refractivity contribution in [2.45, 2.75) is 12.2 Å². The lowest BCUT2D eigenvalue weighted by molar-refractivity contribution is -0.140. The maximum Gasteiger partial charge on any atom is 0.419 e. The van der Waals surface area contributed by atoms with E-state index in [1.807, 2.05) is 0 Å². The molecule has 0 saturated carbocycles. The number of alkyl halides is 3. The highest BCUT2D eigenvalue weighted by Gasteiger charge is 2.35. The average Bonchev–Trinajstić information content (AvgIpc) is 2.77. The largest absolute Gasteiger partial charge is 0.480 e. The fourth-order valence-corrected chi connectivity index (χ4v) is 2.56. The third-order valence-corrected chi connectivity index (χ3v) is 3.55. The molecule has 1 aromatic carbocycles. The zero-order chi connectivity index (χ0) is 14.2. The van der Waals surface area contributed by atoms with E-state index >= 15 is 0 Å². The molecule has 0 radical (unpaired) electrons. The molecule has 19 heavy (non-hydrogen) atoms. The minimum absolute atomic E-state index is 0.0717. The molecule has 1 unspecified atom stereocenters. The van der Waals surface area contributed by atoms with Gasteiger partial charge < -0.3 is 5.11 Å². The van der Waals surface area contributed by atoms with Crippen molar-refractivity contribution in [1.82, 2.24) is 0 Å². The van der Waals surface area contributed by atoms with Crippen LogP contribution in [0.25, 0.3) is 0 Å². The lowest BCUT2D eigenvalue weighted by atomic mass is 10.1. The van der Waals surface area contributed by atoms with Crippen molar-refractivity contribution in [2.24, 2.45) is 4.99 Å². The highest BCUT2D eigenvalue weighted by molar-refractivity contribution is 8.14. The summed E-state index contributed by atoms with van der Waals surface area (Å²) >= 11 is 1.04. The van der Waals surface area contributed by atoms with E-state index in [1.54, 1.807) is 0 Å². The van der Waals surface area contributed by atoms with Gasteiger partial charge in [-0.15, -0.1) is 11.8 Å². The Balaban J connectivity index is 2.38. The fourth-order valence-electron chi connectivity index (χ4n) is 1.53. The summed E-state index contributed by atoms with van der Waals surface area (Å²) in [7, 11) is 0. The molecule has 0 amide bonds. The molecule has 0 bridgehead atoms. The molecule has 1 aliphatic heterocycles. The number of aliphatic carboxylic acids is 1. The molecule has 1 aliphatic rings. The highest BCUT2D eigenvalue weighted by atomic mass is 32.2. The predicted molar refractivity (Wildman–Crippen MR) is 61.8 cm³/mol. The summed E-state index contributed by atoms with van der Waals surface area (Å²) in [5, 5.41) is 8.92. The first-order valence-electron chi connectivity index (χ1n) is 5.09. The number of carboxylic acid groups (broad SMARTS) is 1. The molecule has 1 N–H and O–H groups in total. The Kier molecular flexibility index (Phi) is 3.53. The van der Waals surface area contributed by atoms with E-state index in [0.29, 0.717) is 12.1 Å². The molecule has 8 heteroatoms. The standard InChI is InChI=1S/C11H7F4NO2S/c12-7-2-1-5(3-6(7)11(13,14)15)9-16-8(4-19-9)10(17)18/h1-3,8H,4H2,(H,17,18). The summed E-state index contributed by atoms with van der Waals surface area (Å²) in [5.74, 6) is -2.35. The van der Waals surface area contributed by atoms with Gasteiger partial charge in [0.1, 0.15) is 5.82 Å². The lowest BCUT2D eigenvalue weighted by Gasteiger charge is -2.09. The fraction of sp³-hybridized carbons (Fsp3) is 0.273. The van der Waals surface area contributed by atoms with Gasteiger partial charge in [0.2, 0.25) is 0 Å². The van der Waals surface area contributed by atoms with Gasteiger partial charge in [0.05, 0.1) is 10.6 Å². The number of carboxylic acids is 1. The molecule has 1 heterocycles. The molecule has 0 aliphatic carbocycles. The predicted octanol–water partition coefficient (Wildman–Crippen LogP) is 2.79. The Labute approximate surface area is 109 Å². The van der Waals surface area contributed by atoms with Crippen LogP contribution < -0.4 is 0 Å². The molecule has 102 valence electrons. The first-order valence-corrected chi connectivity index (χ1v) is 6.08. The third-order valence-electron chi connectivity index (χ3n) is 2.45. The lowest BCUT2D eigenvalue weighted by Crippen LogP contribution is -2.17. The maximum atomic E-state index is 13.1. The van der Waals surface area contributed by atoms with Gasteiger partial charge in [0.15, 0.2) is 6.04 Å². The van der Waals surface area contributed by atoms with E-state index in [0.717, 1.165) is 17.8 Å². The van der Waals surface area contributed by atoms with Crippen LogP contribution in [0, 0.1) is 5.82 Å². The molecule has 1 aromatic rings. The van der Waals surface area contributed by atoms with Crippen LogP contribution >= 0.6 is 11.8 Å². The van der Waals surface area contributed by atoms with E-state index in [2.05, 4.69) is 4.99 Å². The van der Waals surface area contributed by atoms with Crippen molar-refractivity contribution in [3.05, 3.63) is 35.1 Å². The normalized spacial score (nSPS) is 19.4. The highest BCUT2D eigenvalue weighted by Crippen LogP contribution is 2.33. The summed E-state index contributed by atoms with van der Waals surface area (Å²) in [6, 6.07) is 1.53. The number of hydrogen-bond acceptors (Lipinski definition) is 3. The van der Waals surface area contributed by atoms with Gasteiger partial charge in [-0.1, -0.05) is 0 Å². The molecule has 0 saturated heterocycles. The number of aliphatic imine (C=N–C) groups is 1. The summed E-state index contributed by atoms with van der Waals surface area (Å²) in [5.41, 5.74) is -1.31. The van der Waals surface area contributed by atoms with Crippen LogP contribution in [-0.4, -0.2) is 27.9 Å². The van der Waals surface area contributed by atoms with Crippen molar-refractivity contribution < 1.29 is 27.5 Å². The summed E-state index contributed by atoms with van der Waals surface area (Å²) in [6.07, 6.45) is -4.80. The minimum atomic E-state index is -4.80. The molecule has 1 atom stereocenters. The van der Waals surface area contributed by atoms with E-state index in [9.17, 15) is 22.4 Å². The van der Waals surface area contributed by atoms with E-state index in [-0.39, 0.29) is 16.4 Å². The van der Waals surface area contributed by atoms with Gasteiger partial charge in [-0.3, -0.25) is 4.99 Å². The van der Waals surface area contributed by atoms with Crippen molar-refractivity contribution in [2.75, 3.05) is 5.75 Å². The topological polar surface area (TPSA) is 49.7 Å². The number of thioether (sulfide) groups is 1. The minimum Gasteiger partial charge on any atom is -0.480 e. The van der Waals surface area contributed by atoms with Crippen LogP contribution in [0.5, 0.6) is 0 Å². The molecule has 2 rings (SSSR count). The number of halogens is 4. The van der Waals surface area contributed by atoms with Gasteiger partial charge in [0.25, 0.3) is 0 Å². The summed E-state index contributed by atoms with van der Waals surface area (Å²) in [6.45, 7) is 0. The van der Waals surface area contributed by atoms with Gasteiger partial charge >= 0.3 is 12.1 Å². The monoisotopic (exact) mass is 293 g/mol. The zero-order valence-electron chi connectivity index (χ0n) is 9.24. The van der Waals surface area contributed by atoms with Gasteiger partial charge in [-0.2, -0.15) is 13.2 Å². The van der Waals surface area contributed by atoms with E-state index in [1.165, 1.54) is 0 Å². The SMILES string of the molecule is O=C(O)C1CSC(c2ccc(F)c(C(F)(F)F)c2)=N1. The number of hydrogen-bond donors (Lipinski definition) is 1. The zero-order valence-corrected chi connectivity index (χ0v) is 10.1. The Morgan fingerprint density at radius 3 is 2.63 bits per heavy atom. The van der Waals surface area contributed by atoms with Crippen molar-refractivity contribution in [3.63, 3.8) is 0 Å². The Hall–Kier alpha value is -1.57.